The summed E-state index contributed by atoms with van der Waals surface area (Å²) in [4.78, 5) is 13.6. The van der Waals surface area contributed by atoms with Crippen molar-refractivity contribution in [2.45, 2.75) is 13.3 Å². The van der Waals surface area contributed by atoms with Gasteiger partial charge in [-0.1, -0.05) is 6.92 Å². The number of thiazole rings is 1. The summed E-state index contributed by atoms with van der Waals surface area (Å²) in [5.41, 5.74) is 0.903. The zero-order chi connectivity index (χ0) is 9.10. The summed E-state index contributed by atoms with van der Waals surface area (Å²) in [6.07, 6.45) is 7.96. The van der Waals surface area contributed by atoms with Crippen molar-refractivity contribution in [2.75, 3.05) is 0 Å². The molecule has 66 valence electrons. The standard InChI is InChI=1S/C9H9N3S/c1-2-9-12-6-8(13-9)7-5-10-3-4-11-7/h3-6H,2H2,1H3. The van der Waals surface area contributed by atoms with Crippen molar-refractivity contribution in [3.8, 4) is 10.6 Å². The van der Waals surface area contributed by atoms with E-state index in [1.54, 1.807) is 29.9 Å². The quantitative estimate of drug-likeness (QED) is 0.730. The van der Waals surface area contributed by atoms with E-state index in [1.807, 2.05) is 6.20 Å². The Hall–Kier alpha value is -1.29. The molecule has 0 unspecified atom stereocenters. The van der Waals surface area contributed by atoms with Gasteiger partial charge in [-0.05, 0) is 6.42 Å². The molecule has 4 heteroatoms. The van der Waals surface area contributed by atoms with E-state index in [-0.39, 0.29) is 0 Å². The van der Waals surface area contributed by atoms with Crippen LogP contribution >= 0.6 is 11.3 Å². The van der Waals surface area contributed by atoms with Crippen LogP contribution in [0.25, 0.3) is 10.6 Å². The van der Waals surface area contributed by atoms with E-state index in [0.717, 1.165) is 22.0 Å². The van der Waals surface area contributed by atoms with Gasteiger partial charge in [-0.3, -0.25) is 9.97 Å². The number of aromatic nitrogens is 3. The van der Waals surface area contributed by atoms with Gasteiger partial charge in [0.05, 0.1) is 16.1 Å². The smallest absolute Gasteiger partial charge is 0.100 e. The van der Waals surface area contributed by atoms with Gasteiger partial charge >= 0.3 is 0 Å². The van der Waals surface area contributed by atoms with E-state index in [0.29, 0.717) is 0 Å². The fraction of sp³-hybridized carbons (Fsp3) is 0.222. The third kappa shape index (κ3) is 1.72. The van der Waals surface area contributed by atoms with Crippen LogP contribution in [0.1, 0.15) is 11.9 Å². The highest BCUT2D eigenvalue weighted by atomic mass is 32.1. The Labute approximate surface area is 80.5 Å². The van der Waals surface area contributed by atoms with E-state index in [4.69, 9.17) is 0 Å². The second-order valence-corrected chi connectivity index (χ2v) is 3.68. The van der Waals surface area contributed by atoms with Crippen LogP contribution in [-0.4, -0.2) is 15.0 Å². The van der Waals surface area contributed by atoms with E-state index in [2.05, 4.69) is 21.9 Å². The predicted molar refractivity (Wildman–Crippen MR) is 52.5 cm³/mol. The summed E-state index contributed by atoms with van der Waals surface area (Å²) in [5.74, 6) is 0. The van der Waals surface area contributed by atoms with Crippen molar-refractivity contribution in [2.24, 2.45) is 0 Å². The molecule has 0 bridgehead atoms. The first-order valence-corrected chi connectivity index (χ1v) is 4.93. The highest BCUT2D eigenvalue weighted by molar-refractivity contribution is 7.15. The Kier molecular flexibility index (Phi) is 2.31. The second-order valence-electron chi connectivity index (χ2n) is 2.56. The lowest BCUT2D eigenvalue weighted by atomic mass is 10.4. The highest BCUT2D eigenvalue weighted by Gasteiger charge is 2.03. The van der Waals surface area contributed by atoms with Crippen LogP contribution in [0.5, 0.6) is 0 Å². The Morgan fingerprint density at radius 2 is 2.15 bits per heavy atom. The number of nitrogens with zero attached hydrogens (tertiary/aromatic N) is 3. The molecule has 0 aliphatic rings. The van der Waals surface area contributed by atoms with Crippen molar-refractivity contribution in [1.29, 1.82) is 0 Å². The largest absolute Gasteiger partial charge is 0.261 e. The molecule has 0 radical (unpaired) electrons. The Morgan fingerprint density at radius 1 is 1.23 bits per heavy atom. The second kappa shape index (κ2) is 3.62. The molecule has 0 N–H and O–H groups in total. The maximum atomic E-state index is 4.26. The van der Waals surface area contributed by atoms with E-state index in [9.17, 15) is 0 Å². The number of rotatable bonds is 2. The van der Waals surface area contributed by atoms with Crippen molar-refractivity contribution in [3.63, 3.8) is 0 Å². The van der Waals surface area contributed by atoms with Crippen molar-refractivity contribution in [1.82, 2.24) is 15.0 Å². The van der Waals surface area contributed by atoms with Gasteiger partial charge in [-0.25, -0.2) is 4.98 Å². The molecule has 3 nitrogen and oxygen atoms in total. The normalized spacial score (nSPS) is 10.2. The fourth-order valence-corrected chi connectivity index (χ4v) is 1.84. The minimum Gasteiger partial charge on any atom is -0.261 e. The molecule has 0 spiro atoms. The first-order chi connectivity index (χ1) is 6.40. The maximum absolute atomic E-state index is 4.26. The summed E-state index contributed by atoms with van der Waals surface area (Å²) in [6, 6.07) is 0. The molecule has 2 rings (SSSR count). The topological polar surface area (TPSA) is 38.7 Å². The molecule has 0 saturated carbocycles. The van der Waals surface area contributed by atoms with Gasteiger partial charge in [0.2, 0.25) is 0 Å². The fourth-order valence-electron chi connectivity index (χ4n) is 1.02. The Bertz CT molecular complexity index is 383. The van der Waals surface area contributed by atoms with Gasteiger partial charge in [-0.15, -0.1) is 11.3 Å². The molecule has 0 atom stereocenters. The molecular formula is C9H9N3S. The average molecular weight is 191 g/mol. The van der Waals surface area contributed by atoms with Crippen LogP contribution in [-0.2, 0) is 6.42 Å². The summed E-state index contributed by atoms with van der Waals surface area (Å²) < 4.78 is 0. The lowest BCUT2D eigenvalue weighted by molar-refractivity contribution is 1.09. The minimum absolute atomic E-state index is 0.903. The van der Waals surface area contributed by atoms with Crippen molar-refractivity contribution >= 4 is 11.3 Å². The molecule has 0 amide bonds. The summed E-state index contributed by atoms with van der Waals surface area (Å²) in [5, 5.41) is 1.14. The SMILES string of the molecule is CCc1ncc(-c2cnccn2)s1. The molecule has 0 aliphatic heterocycles. The summed E-state index contributed by atoms with van der Waals surface area (Å²) in [6.45, 7) is 2.10. The third-order valence-corrected chi connectivity index (χ3v) is 2.84. The highest BCUT2D eigenvalue weighted by Crippen LogP contribution is 2.23. The van der Waals surface area contributed by atoms with Gasteiger partial charge < -0.3 is 0 Å². The van der Waals surface area contributed by atoms with Gasteiger partial charge in [-0.2, -0.15) is 0 Å². The van der Waals surface area contributed by atoms with Gasteiger partial charge in [0.1, 0.15) is 5.69 Å². The molecule has 2 heterocycles. The van der Waals surface area contributed by atoms with Crippen LogP contribution in [0, 0.1) is 0 Å². The Morgan fingerprint density at radius 3 is 2.77 bits per heavy atom. The molecule has 2 aromatic heterocycles. The van der Waals surface area contributed by atoms with Gasteiger partial charge in [0.15, 0.2) is 0 Å². The van der Waals surface area contributed by atoms with Crippen LogP contribution < -0.4 is 0 Å². The van der Waals surface area contributed by atoms with Gasteiger partial charge in [0.25, 0.3) is 0 Å². The van der Waals surface area contributed by atoms with E-state index in [1.165, 1.54) is 0 Å². The maximum Gasteiger partial charge on any atom is 0.100 e. The van der Waals surface area contributed by atoms with Crippen LogP contribution in [0.4, 0.5) is 0 Å². The first-order valence-electron chi connectivity index (χ1n) is 4.11. The molecule has 0 aromatic carbocycles. The van der Waals surface area contributed by atoms with Gasteiger partial charge in [0, 0.05) is 18.6 Å². The number of aryl methyl sites for hydroxylation is 1. The van der Waals surface area contributed by atoms with E-state index >= 15 is 0 Å². The molecule has 2 aromatic rings. The summed E-state index contributed by atoms with van der Waals surface area (Å²) >= 11 is 1.67. The van der Waals surface area contributed by atoms with Crippen molar-refractivity contribution in [3.05, 3.63) is 29.8 Å². The number of hydrogen-bond acceptors (Lipinski definition) is 4. The van der Waals surface area contributed by atoms with Crippen molar-refractivity contribution < 1.29 is 0 Å². The Balaban J connectivity index is 2.36. The zero-order valence-corrected chi connectivity index (χ0v) is 8.08. The molecule has 0 fully saturated rings. The zero-order valence-electron chi connectivity index (χ0n) is 7.27. The third-order valence-electron chi connectivity index (χ3n) is 1.67. The minimum atomic E-state index is 0.903. The lowest BCUT2D eigenvalue weighted by Gasteiger charge is -1.91. The molecular weight excluding hydrogens is 182 g/mol. The van der Waals surface area contributed by atoms with E-state index < -0.39 is 0 Å². The lowest BCUT2D eigenvalue weighted by Crippen LogP contribution is -1.79. The van der Waals surface area contributed by atoms with Crippen LogP contribution in [0.15, 0.2) is 24.8 Å². The monoisotopic (exact) mass is 191 g/mol. The first kappa shape index (κ1) is 8.31. The number of hydrogen-bond donors (Lipinski definition) is 0. The molecule has 13 heavy (non-hydrogen) atoms. The van der Waals surface area contributed by atoms with Crippen LogP contribution in [0.3, 0.4) is 0 Å². The van der Waals surface area contributed by atoms with Crippen LogP contribution in [0.2, 0.25) is 0 Å². The summed E-state index contributed by atoms with van der Waals surface area (Å²) in [7, 11) is 0. The molecule has 0 aliphatic carbocycles. The average Bonchev–Trinajstić information content (AvgIpc) is 2.67. The predicted octanol–water partition coefficient (Wildman–Crippen LogP) is 2.16. The molecule has 0 saturated heterocycles.